The predicted octanol–water partition coefficient (Wildman–Crippen LogP) is 4.60. The molecule has 0 aliphatic carbocycles. The molecule has 1 aromatic heterocycles. The first-order valence-corrected chi connectivity index (χ1v) is 12.5. The molecule has 0 spiro atoms. The van der Waals surface area contributed by atoms with E-state index in [0.29, 0.717) is 32.7 Å². The molecule has 0 unspecified atom stereocenters. The van der Waals surface area contributed by atoms with Crippen LogP contribution in [0.4, 0.5) is 0 Å². The van der Waals surface area contributed by atoms with Crippen molar-refractivity contribution in [3.63, 3.8) is 0 Å². The summed E-state index contributed by atoms with van der Waals surface area (Å²) in [6, 6.07) is 10.1. The van der Waals surface area contributed by atoms with Gasteiger partial charge in [-0.3, -0.25) is 9.69 Å². The van der Waals surface area contributed by atoms with E-state index in [-0.39, 0.29) is 11.9 Å². The molecule has 1 aliphatic rings. The minimum absolute atomic E-state index is 0.0898. The topological polar surface area (TPSA) is 53.0 Å². The van der Waals surface area contributed by atoms with E-state index in [0.717, 1.165) is 31.6 Å². The van der Waals surface area contributed by atoms with Gasteiger partial charge in [-0.15, -0.1) is 17.9 Å². The number of carbonyl (C=O) groups excluding carboxylic acids is 1. The first kappa shape index (κ1) is 24.5. The van der Waals surface area contributed by atoms with E-state index in [4.69, 9.17) is 4.74 Å². The maximum atomic E-state index is 13.4. The minimum atomic E-state index is -0.446. The number of hydrogen-bond acceptors (Lipinski definition) is 5. The number of allylic oxidation sites excluding steroid dienone is 1. The van der Waals surface area contributed by atoms with E-state index >= 15 is 0 Å². The Kier molecular flexibility index (Phi) is 9.33. The molecule has 32 heavy (non-hydrogen) atoms. The lowest BCUT2D eigenvalue weighted by atomic mass is 10.0. The van der Waals surface area contributed by atoms with Gasteiger partial charge in [-0.2, -0.15) is 0 Å². The number of nitrogens with zero attached hydrogens (tertiary/aromatic N) is 2. The van der Waals surface area contributed by atoms with Crippen LogP contribution in [0.15, 0.2) is 48.4 Å². The standard InChI is InChI=1S/C26H36N2O3S/c1-4-6-7-21(29)17-27(14-5-2)18-26(30)28-15-12-25-23(13-16-32-25)24(28)19-31-22-10-8-20(3)9-11-22/h4,8-11,13,16,21,24,29H,1,5-7,12,14-15,17-19H2,2-3H3/t21-,24-/m0/s1. The van der Waals surface area contributed by atoms with Crippen LogP contribution in [-0.2, 0) is 11.2 Å². The lowest BCUT2D eigenvalue weighted by molar-refractivity contribution is -0.136. The van der Waals surface area contributed by atoms with Crippen molar-refractivity contribution in [3.05, 3.63) is 64.4 Å². The summed E-state index contributed by atoms with van der Waals surface area (Å²) >= 11 is 1.76. The number of thiophene rings is 1. The molecule has 5 nitrogen and oxygen atoms in total. The highest BCUT2D eigenvalue weighted by molar-refractivity contribution is 7.10. The molecule has 2 atom stereocenters. The number of hydrogen-bond donors (Lipinski definition) is 1. The Balaban J connectivity index is 1.69. The second-order valence-corrected chi connectivity index (χ2v) is 9.53. The number of amides is 1. The van der Waals surface area contributed by atoms with E-state index in [2.05, 4.69) is 36.8 Å². The molecule has 1 N–H and O–H groups in total. The SMILES string of the molecule is C=CCC[C@H](O)CN(CCC)CC(=O)N1CCc2sccc2[C@@H]1COc1ccc(C)cc1. The third kappa shape index (κ3) is 6.67. The van der Waals surface area contributed by atoms with Crippen molar-refractivity contribution in [3.8, 4) is 5.75 Å². The van der Waals surface area contributed by atoms with Crippen molar-refractivity contribution in [2.45, 2.75) is 51.7 Å². The normalized spacial score (nSPS) is 16.6. The Morgan fingerprint density at radius 1 is 1.38 bits per heavy atom. The van der Waals surface area contributed by atoms with Crippen LogP contribution >= 0.6 is 11.3 Å². The van der Waals surface area contributed by atoms with Crippen molar-refractivity contribution >= 4 is 17.2 Å². The summed E-state index contributed by atoms with van der Waals surface area (Å²) in [6.45, 7) is 10.6. The van der Waals surface area contributed by atoms with Gasteiger partial charge < -0.3 is 14.7 Å². The molecule has 0 fully saturated rings. The number of fused-ring (bicyclic) bond motifs is 1. The van der Waals surface area contributed by atoms with Gasteiger partial charge in [0.2, 0.25) is 5.91 Å². The molecule has 1 amide bonds. The molecule has 3 rings (SSSR count). The molecule has 0 radical (unpaired) electrons. The molecule has 2 heterocycles. The average Bonchev–Trinajstić information content (AvgIpc) is 3.26. The zero-order valence-electron chi connectivity index (χ0n) is 19.3. The second-order valence-electron chi connectivity index (χ2n) is 8.53. The molecule has 6 heteroatoms. The van der Waals surface area contributed by atoms with Crippen LogP contribution in [0.3, 0.4) is 0 Å². The van der Waals surface area contributed by atoms with Crippen LogP contribution in [0, 0.1) is 6.92 Å². The molecule has 0 saturated carbocycles. The molecule has 0 saturated heterocycles. The third-order valence-electron chi connectivity index (χ3n) is 5.92. The highest BCUT2D eigenvalue weighted by Crippen LogP contribution is 2.34. The van der Waals surface area contributed by atoms with E-state index < -0.39 is 6.10 Å². The summed E-state index contributed by atoms with van der Waals surface area (Å²) in [7, 11) is 0. The number of aryl methyl sites for hydroxylation is 1. The lowest BCUT2D eigenvalue weighted by Crippen LogP contribution is -2.47. The van der Waals surface area contributed by atoms with Gasteiger partial charge in [-0.1, -0.05) is 30.7 Å². The largest absolute Gasteiger partial charge is 0.491 e. The fourth-order valence-corrected chi connectivity index (χ4v) is 5.15. The van der Waals surface area contributed by atoms with Gasteiger partial charge in [-0.25, -0.2) is 0 Å². The Hall–Kier alpha value is -2.15. The van der Waals surface area contributed by atoms with Gasteiger partial charge in [0.05, 0.1) is 18.7 Å². The number of aliphatic hydroxyl groups is 1. The number of aliphatic hydroxyl groups excluding tert-OH is 1. The van der Waals surface area contributed by atoms with Crippen LogP contribution in [0.25, 0.3) is 0 Å². The summed E-state index contributed by atoms with van der Waals surface area (Å²) in [6.07, 6.45) is 4.65. The molecular weight excluding hydrogens is 420 g/mol. The number of rotatable bonds is 12. The fraction of sp³-hybridized carbons (Fsp3) is 0.500. The zero-order valence-corrected chi connectivity index (χ0v) is 20.2. The quantitative estimate of drug-likeness (QED) is 0.474. The number of carbonyl (C=O) groups is 1. The Labute approximate surface area is 196 Å². The van der Waals surface area contributed by atoms with Crippen LogP contribution in [0.5, 0.6) is 5.75 Å². The monoisotopic (exact) mass is 456 g/mol. The summed E-state index contributed by atoms with van der Waals surface area (Å²) in [5.41, 5.74) is 2.40. The van der Waals surface area contributed by atoms with Crippen LogP contribution < -0.4 is 4.74 Å². The summed E-state index contributed by atoms with van der Waals surface area (Å²) < 4.78 is 6.12. The van der Waals surface area contributed by atoms with Gasteiger partial charge in [0, 0.05) is 18.0 Å². The zero-order chi connectivity index (χ0) is 22.9. The predicted molar refractivity (Wildman–Crippen MR) is 131 cm³/mol. The third-order valence-corrected chi connectivity index (χ3v) is 6.91. The van der Waals surface area contributed by atoms with Crippen LogP contribution in [-0.4, -0.2) is 59.7 Å². The summed E-state index contributed by atoms with van der Waals surface area (Å²) in [4.78, 5) is 18.8. The maximum Gasteiger partial charge on any atom is 0.237 e. The molecule has 0 bridgehead atoms. The van der Waals surface area contributed by atoms with E-state index in [1.165, 1.54) is 16.0 Å². The van der Waals surface area contributed by atoms with Crippen molar-refractivity contribution in [1.82, 2.24) is 9.80 Å². The second kappa shape index (κ2) is 12.2. The fourth-order valence-electron chi connectivity index (χ4n) is 4.22. The van der Waals surface area contributed by atoms with Gasteiger partial charge in [0.15, 0.2) is 0 Å². The van der Waals surface area contributed by atoms with Crippen molar-refractivity contribution in [2.75, 3.05) is 32.8 Å². The first-order chi connectivity index (χ1) is 15.5. The lowest BCUT2D eigenvalue weighted by Gasteiger charge is -2.37. The number of benzene rings is 1. The molecule has 2 aromatic rings. The molecule has 1 aromatic carbocycles. The van der Waals surface area contributed by atoms with Gasteiger partial charge >= 0.3 is 0 Å². The van der Waals surface area contributed by atoms with Gasteiger partial charge in [0.25, 0.3) is 0 Å². The van der Waals surface area contributed by atoms with E-state index in [9.17, 15) is 9.90 Å². The first-order valence-electron chi connectivity index (χ1n) is 11.6. The van der Waals surface area contributed by atoms with Gasteiger partial charge in [0.1, 0.15) is 12.4 Å². The van der Waals surface area contributed by atoms with Gasteiger partial charge in [-0.05, 0) is 68.3 Å². The summed E-state index contributed by atoms with van der Waals surface area (Å²) in [5, 5.41) is 12.5. The van der Waals surface area contributed by atoms with Crippen molar-refractivity contribution in [2.24, 2.45) is 0 Å². The Morgan fingerprint density at radius 2 is 2.16 bits per heavy atom. The van der Waals surface area contributed by atoms with E-state index in [1.54, 1.807) is 11.3 Å². The average molecular weight is 457 g/mol. The van der Waals surface area contributed by atoms with Crippen LogP contribution in [0.1, 0.15) is 48.2 Å². The van der Waals surface area contributed by atoms with E-state index in [1.807, 2.05) is 35.2 Å². The van der Waals surface area contributed by atoms with Crippen molar-refractivity contribution < 1.29 is 14.6 Å². The van der Waals surface area contributed by atoms with Crippen LogP contribution in [0.2, 0.25) is 0 Å². The molecule has 1 aliphatic heterocycles. The molecular formula is C26H36N2O3S. The van der Waals surface area contributed by atoms with Crippen molar-refractivity contribution in [1.29, 1.82) is 0 Å². The number of ether oxygens (including phenoxy) is 1. The summed E-state index contributed by atoms with van der Waals surface area (Å²) in [5.74, 6) is 0.923. The minimum Gasteiger partial charge on any atom is -0.491 e. The maximum absolute atomic E-state index is 13.4. The smallest absolute Gasteiger partial charge is 0.237 e. The molecule has 174 valence electrons. The Morgan fingerprint density at radius 3 is 2.88 bits per heavy atom. The highest BCUT2D eigenvalue weighted by atomic mass is 32.1. The highest BCUT2D eigenvalue weighted by Gasteiger charge is 2.33. The Bertz CT molecular complexity index is 864.